The monoisotopic (exact) mass is 383 g/mol. The Morgan fingerprint density at radius 2 is 1.81 bits per heavy atom. The number of carbonyl (C=O) groups is 2. The average Bonchev–Trinajstić information content (AvgIpc) is 2.68. The van der Waals surface area contributed by atoms with Crippen molar-refractivity contribution in [3.8, 4) is 11.6 Å². The molecule has 1 fully saturated rings. The number of ketones is 2. The second-order valence-corrected chi connectivity index (χ2v) is 7.18. The van der Waals surface area contributed by atoms with Crippen molar-refractivity contribution in [2.75, 3.05) is 6.26 Å². The van der Waals surface area contributed by atoms with Crippen LogP contribution in [0.5, 0.6) is 11.6 Å². The molecule has 0 spiro atoms. The van der Waals surface area contributed by atoms with Gasteiger partial charge in [-0.2, -0.15) is 0 Å². The van der Waals surface area contributed by atoms with Crippen molar-refractivity contribution in [2.24, 2.45) is 0 Å². The van der Waals surface area contributed by atoms with Gasteiger partial charge in [0.1, 0.15) is 11.5 Å². The van der Waals surface area contributed by atoms with E-state index >= 15 is 0 Å². The molecule has 1 aliphatic rings. The van der Waals surface area contributed by atoms with E-state index in [0.29, 0.717) is 17.3 Å². The van der Waals surface area contributed by atoms with Crippen LogP contribution in [0.4, 0.5) is 0 Å². The Bertz CT molecular complexity index is 869. The lowest BCUT2D eigenvalue weighted by Gasteiger charge is -2.22. The van der Waals surface area contributed by atoms with Gasteiger partial charge in [0.2, 0.25) is 5.88 Å². The van der Waals surface area contributed by atoms with Crippen molar-refractivity contribution in [2.45, 2.75) is 37.0 Å². The number of aliphatic hydroxyl groups is 1. The predicted molar refractivity (Wildman–Crippen MR) is 104 cm³/mol. The highest BCUT2D eigenvalue weighted by molar-refractivity contribution is 7.98. The summed E-state index contributed by atoms with van der Waals surface area (Å²) in [5, 5.41) is 9.83. The lowest BCUT2D eigenvalue weighted by molar-refractivity contribution is -0.124. The van der Waals surface area contributed by atoms with Gasteiger partial charge in [-0.25, -0.2) is 4.98 Å². The third kappa shape index (κ3) is 4.39. The molecule has 1 aromatic heterocycles. The number of hydrogen-bond acceptors (Lipinski definition) is 6. The van der Waals surface area contributed by atoms with E-state index in [1.165, 1.54) is 0 Å². The molecule has 0 amide bonds. The highest BCUT2D eigenvalue weighted by Crippen LogP contribution is 2.33. The molecule has 0 saturated heterocycles. The molecule has 5 nitrogen and oxygen atoms in total. The van der Waals surface area contributed by atoms with Crippen molar-refractivity contribution in [3.05, 3.63) is 59.5 Å². The van der Waals surface area contributed by atoms with Gasteiger partial charge >= 0.3 is 0 Å². The number of nitrogens with zero attached hydrogens (tertiary/aromatic N) is 1. The average molecular weight is 383 g/mol. The van der Waals surface area contributed by atoms with Crippen LogP contribution in [0.1, 0.15) is 37.8 Å². The SMILES string of the molecule is CCC(O)=C1C(=O)CC(c2cccc(Oc3ccc(SC)cc3)n2)CC1=O. The minimum absolute atomic E-state index is 0.0463. The van der Waals surface area contributed by atoms with Crippen LogP contribution in [0.15, 0.2) is 58.7 Å². The molecular weight excluding hydrogens is 362 g/mol. The third-order valence-electron chi connectivity index (χ3n) is 4.49. The molecule has 0 unspecified atom stereocenters. The maximum atomic E-state index is 12.3. The molecule has 6 heteroatoms. The summed E-state index contributed by atoms with van der Waals surface area (Å²) in [6.07, 6.45) is 2.59. The van der Waals surface area contributed by atoms with E-state index in [1.54, 1.807) is 36.9 Å². The van der Waals surface area contributed by atoms with Crippen LogP contribution in [0.3, 0.4) is 0 Å². The molecule has 27 heavy (non-hydrogen) atoms. The van der Waals surface area contributed by atoms with Crippen LogP contribution in [-0.4, -0.2) is 27.9 Å². The summed E-state index contributed by atoms with van der Waals surface area (Å²) in [5.41, 5.74) is 0.597. The molecule has 3 rings (SSSR count). The minimum atomic E-state index is -0.323. The zero-order valence-corrected chi connectivity index (χ0v) is 16.1. The lowest BCUT2D eigenvalue weighted by atomic mass is 9.81. The van der Waals surface area contributed by atoms with E-state index in [0.717, 1.165) is 4.90 Å². The van der Waals surface area contributed by atoms with Crippen LogP contribution >= 0.6 is 11.8 Å². The molecule has 1 heterocycles. The zero-order valence-electron chi connectivity index (χ0n) is 15.3. The van der Waals surface area contributed by atoms with Crippen molar-refractivity contribution >= 4 is 23.3 Å². The first kappa shape index (κ1) is 19.2. The molecular formula is C21H21NO4S. The van der Waals surface area contributed by atoms with Crippen LogP contribution in [-0.2, 0) is 9.59 Å². The number of aromatic nitrogens is 1. The highest BCUT2D eigenvalue weighted by Gasteiger charge is 2.34. The van der Waals surface area contributed by atoms with E-state index in [9.17, 15) is 14.7 Å². The maximum absolute atomic E-state index is 12.3. The molecule has 1 aliphatic carbocycles. The maximum Gasteiger partial charge on any atom is 0.219 e. The molecule has 140 valence electrons. The van der Waals surface area contributed by atoms with Gasteiger partial charge in [0.25, 0.3) is 0 Å². The van der Waals surface area contributed by atoms with E-state index in [1.807, 2.05) is 30.5 Å². The standard InChI is InChI=1S/C21H21NO4S/c1-3-17(23)21-18(24)11-13(12-19(21)25)16-5-4-6-20(22-16)26-14-7-9-15(27-2)10-8-14/h4-10,13,23H,3,11-12H2,1-2H3. The number of aliphatic hydroxyl groups excluding tert-OH is 1. The van der Waals surface area contributed by atoms with Crippen LogP contribution < -0.4 is 4.74 Å². The van der Waals surface area contributed by atoms with Gasteiger partial charge in [0.15, 0.2) is 11.6 Å². The van der Waals surface area contributed by atoms with Crippen molar-refractivity contribution in [1.29, 1.82) is 0 Å². The fourth-order valence-electron chi connectivity index (χ4n) is 3.07. The third-order valence-corrected chi connectivity index (χ3v) is 5.23. The van der Waals surface area contributed by atoms with Gasteiger partial charge in [-0.15, -0.1) is 11.8 Å². The van der Waals surface area contributed by atoms with Crippen molar-refractivity contribution in [3.63, 3.8) is 0 Å². The van der Waals surface area contributed by atoms with Crippen LogP contribution in [0, 0.1) is 0 Å². The van der Waals surface area contributed by atoms with E-state index in [2.05, 4.69) is 4.98 Å². The topological polar surface area (TPSA) is 76.5 Å². The van der Waals surface area contributed by atoms with Gasteiger partial charge < -0.3 is 9.84 Å². The Hall–Kier alpha value is -2.60. The van der Waals surface area contributed by atoms with Gasteiger partial charge in [0, 0.05) is 41.8 Å². The number of ether oxygens (including phenoxy) is 1. The Morgan fingerprint density at radius 1 is 1.15 bits per heavy atom. The van der Waals surface area contributed by atoms with Crippen LogP contribution in [0.2, 0.25) is 0 Å². The molecule has 1 N–H and O–H groups in total. The summed E-state index contributed by atoms with van der Waals surface area (Å²) in [7, 11) is 0. The summed E-state index contributed by atoms with van der Waals surface area (Å²) in [6.45, 7) is 1.71. The molecule has 0 bridgehead atoms. The Kier molecular flexibility index (Phi) is 5.96. The normalized spacial score (nSPS) is 17.1. The summed E-state index contributed by atoms with van der Waals surface area (Å²) < 4.78 is 5.80. The quantitative estimate of drug-likeness (QED) is 0.345. The Balaban J connectivity index is 1.77. The van der Waals surface area contributed by atoms with E-state index in [-0.39, 0.29) is 48.1 Å². The molecule has 0 aliphatic heterocycles. The first-order valence-electron chi connectivity index (χ1n) is 8.79. The summed E-state index contributed by atoms with van der Waals surface area (Å²) >= 11 is 1.65. The molecule has 2 aromatic rings. The smallest absolute Gasteiger partial charge is 0.219 e. The largest absolute Gasteiger partial charge is 0.511 e. The summed E-state index contributed by atoms with van der Waals surface area (Å²) in [4.78, 5) is 30.3. The molecule has 0 atom stereocenters. The predicted octanol–water partition coefficient (Wildman–Crippen LogP) is 4.83. The molecule has 0 radical (unpaired) electrons. The van der Waals surface area contributed by atoms with Gasteiger partial charge in [-0.3, -0.25) is 9.59 Å². The number of rotatable bonds is 5. The summed E-state index contributed by atoms with van der Waals surface area (Å²) in [6, 6.07) is 13.0. The van der Waals surface area contributed by atoms with Gasteiger partial charge in [-0.05, 0) is 36.6 Å². The van der Waals surface area contributed by atoms with Crippen molar-refractivity contribution < 1.29 is 19.4 Å². The second-order valence-electron chi connectivity index (χ2n) is 6.31. The second kappa shape index (κ2) is 8.39. The van der Waals surface area contributed by atoms with Gasteiger partial charge in [0.05, 0.1) is 5.57 Å². The molecule has 1 saturated carbocycles. The minimum Gasteiger partial charge on any atom is -0.511 e. The first-order chi connectivity index (χ1) is 13.0. The fourth-order valence-corrected chi connectivity index (χ4v) is 3.47. The zero-order chi connectivity index (χ0) is 19.4. The van der Waals surface area contributed by atoms with E-state index in [4.69, 9.17) is 4.74 Å². The van der Waals surface area contributed by atoms with Gasteiger partial charge in [-0.1, -0.05) is 13.0 Å². The Morgan fingerprint density at radius 3 is 2.41 bits per heavy atom. The lowest BCUT2D eigenvalue weighted by Crippen LogP contribution is -2.26. The Labute approximate surface area is 162 Å². The number of Topliss-reactive ketones (excluding diaryl/α,β-unsaturated/α-hetero) is 2. The number of carbonyl (C=O) groups excluding carboxylic acids is 2. The van der Waals surface area contributed by atoms with E-state index < -0.39 is 0 Å². The number of thioether (sulfide) groups is 1. The van der Waals surface area contributed by atoms with Crippen molar-refractivity contribution in [1.82, 2.24) is 4.98 Å². The highest BCUT2D eigenvalue weighted by atomic mass is 32.2. The fraction of sp³-hybridized carbons (Fsp3) is 0.286. The van der Waals surface area contributed by atoms with Crippen LogP contribution in [0.25, 0.3) is 0 Å². The number of pyridine rings is 1. The molecule has 1 aromatic carbocycles. The number of hydrogen-bond donors (Lipinski definition) is 1. The number of allylic oxidation sites excluding steroid dienone is 2. The summed E-state index contributed by atoms with van der Waals surface area (Å²) in [5.74, 6) is 0.0177. The number of benzene rings is 1. The first-order valence-corrected chi connectivity index (χ1v) is 10.0.